The largest absolute Gasteiger partial charge is 0.341 e. The number of piperidine rings is 1. The molecule has 1 saturated carbocycles. The van der Waals surface area contributed by atoms with Gasteiger partial charge in [0.25, 0.3) is 0 Å². The highest BCUT2D eigenvalue weighted by Crippen LogP contribution is 2.48. The quantitative estimate of drug-likeness (QED) is 0.854. The molecule has 2 saturated heterocycles. The van der Waals surface area contributed by atoms with Crippen LogP contribution < -0.4 is 0 Å². The molecule has 132 valence electrons. The van der Waals surface area contributed by atoms with Crippen molar-refractivity contribution in [3.05, 3.63) is 18.0 Å². The Balaban J connectivity index is 1.39. The molecule has 5 atom stereocenters. The molecule has 5 nitrogen and oxygen atoms in total. The summed E-state index contributed by atoms with van der Waals surface area (Å²) in [6.45, 7) is 6.58. The number of hydrogen-bond donors (Lipinski definition) is 0. The molecule has 24 heavy (non-hydrogen) atoms. The van der Waals surface area contributed by atoms with E-state index in [-0.39, 0.29) is 5.92 Å². The summed E-state index contributed by atoms with van der Waals surface area (Å²) in [5.41, 5.74) is 1.23. The Morgan fingerprint density at radius 3 is 2.62 bits per heavy atom. The van der Waals surface area contributed by atoms with Crippen LogP contribution in [0.4, 0.5) is 0 Å². The van der Waals surface area contributed by atoms with Crippen molar-refractivity contribution in [2.75, 3.05) is 13.1 Å². The molecular weight excluding hydrogens is 300 g/mol. The van der Waals surface area contributed by atoms with Crippen LogP contribution in [-0.4, -0.2) is 56.7 Å². The topological polar surface area (TPSA) is 41.4 Å². The molecule has 1 aromatic rings. The summed E-state index contributed by atoms with van der Waals surface area (Å²) in [7, 11) is 1.94. The predicted molar refractivity (Wildman–Crippen MR) is 93.7 cm³/mol. The smallest absolute Gasteiger partial charge is 0.226 e. The van der Waals surface area contributed by atoms with Gasteiger partial charge in [-0.25, -0.2) is 0 Å². The Bertz CT molecular complexity index is 602. The molecule has 3 heterocycles. The summed E-state index contributed by atoms with van der Waals surface area (Å²) in [6, 6.07) is 1.90. The highest BCUT2D eigenvalue weighted by Gasteiger charge is 2.47. The average Bonchev–Trinajstić information content (AvgIpc) is 3.15. The first-order chi connectivity index (χ1) is 11.5. The molecule has 2 aliphatic heterocycles. The molecule has 1 aliphatic carbocycles. The van der Waals surface area contributed by atoms with Crippen molar-refractivity contribution in [1.29, 1.82) is 0 Å². The number of rotatable bonds is 3. The van der Waals surface area contributed by atoms with E-state index in [9.17, 15) is 4.79 Å². The summed E-state index contributed by atoms with van der Waals surface area (Å²) < 4.78 is 1.84. The first-order valence-electron chi connectivity index (χ1n) is 9.59. The fraction of sp³-hybridized carbons (Fsp3) is 0.789. The monoisotopic (exact) mass is 330 g/mol. The summed E-state index contributed by atoms with van der Waals surface area (Å²) in [6.07, 6.45) is 9.98. The van der Waals surface area contributed by atoms with Gasteiger partial charge in [-0.3, -0.25) is 14.4 Å². The molecular formula is C19H30N4O. The fourth-order valence-corrected chi connectivity index (χ4v) is 5.04. The highest BCUT2D eigenvalue weighted by atomic mass is 16.2. The summed E-state index contributed by atoms with van der Waals surface area (Å²) in [5, 5.41) is 4.25. The van der Waals surface area contributed by atoms with Crippen LogP contribution in [0.25, 0.3) is 0 Å². The van der Waals surface area contributed by atoms with Crippen molar-refractivity contribution in [1.82, 2.24) is 19.6 Å². The lowest BCUT2D eigenvalue weighted by Crippen LogP contribution is -2.52. The predicted octanol–water partition coefficient (Wildman–Crippen LogP) is 2.39. The number of hydrogen-bond acceptors (Lipinski definition) is 3. The minimum Gasteiger partial charge on any atom is -0.341 e. The van der Waals surface area contributed by atoms with Gasteiger partial charge in [-0.15, -0.1) is 0 Å². The van der Waals surface area contributed by atoms with Crippen LogP contribution in [0.5, 0.6) is 0 Å². The van der Waals surface area contributed by atoms with Gasteiger partial charge in [0.1, 0.15) is 0 Å². The third kappa shape index (κ3) is 2.87. The van der Waals surface area contributed by atoms with E-state index in [1.807, 2.05) is 17.9 Å². The lowest BCUT2D eigenvalue weighted by atomic mass is 10.0. The maximum atomic E-state index is 13.0. The Morgan fingerprint density at radius 2 is 1.96 bits per heavy atom. The molecule has 0 N–H and O–H groups in total. The molecule has 0 spiro atoms. The van der Waals surface area contributed by atoms with Crippen molar-refractivity contribution in [2.24, 2.45) is 13.0 Å². The maximum Gasteiger partial charge on any atom is 0.226 e. The van der Waals surface area contributed by atoms with Crippen LogP contribution in [0.2, 0.25) is 0 Å². The summed E-state index contributed by atoms with van der Waals surface area (Å²) in [4.78, 5) is 17.8. The lowest BCUT2D eigenvalue weighted by Gasteiger charge is -2.41. The van der Waals surface area contributed by atoms with Gasteiger partial charge < -0.3 is 4.90 Å². The van der Waals surface area contributed by atoms with Gasteiger partial charge in [0.05, 0.1) is 6.20 Å². The maximum absolute atomic E-state index is 13.0. The molecule has 1 aromatic heterocycles. The Kier molecular flexibility index (Phi) is 4.15. The van der Waals surface area contributed by atoms with E-state index in [1.165, 1.54) is 24.8 Å². The Hall–Kier alpha value is -1.36. The van der Waals surface area contributed by atoms with Gasteiger partial charge in [-0.1, -0.05) is 0 Å². The number of nitrogens with zero attached hydrogens (tertiary/aromatic N) is 4. The van der Waals surface area contributed by atoms with E-state index in [1.54, 1.807) is 0 Å². The van der Waals surface area contributed by atoms with Crippen LogP contribution in [0.3, 0.4) is 0 Å². The van der Waals surface area contributed by atoms with E-state index in [2.05, 4.69) is 34.9 Å². The van der Waals surface area contributed by atoms with E-state index in [0.29, 0.717) is 30.0 Å². The van der Waals surface area contributed by atoms with Crippen LogP contribution in [-0.2, 0) is 11.8 Å². The van der Waals surface area contributed by atoms with Crippen molar-refractivity contribution in [3.8, 4) is 0 Å². The van der Waals surface area contributed by atoms with Crippen LogP contribution in [0.15, 0.2) is 12.4 Å². The third-order valence-corrected chi connectivity index (χ3v) is 6.41. The SMILES string of the molecule is C[C@@H]1CC[C@H](C)N1[C@@H]1CCCN(C(=O)[C@H]2C[C@H]2c2cnn(C)c2)C1. The normalized spacial score (nSPS) is 37.0. The van der Waals surface area contributed by atoms with Gasteiger partial charge in [-0.2, -0.15) is 5.10 Å². The third-order valence-electron chi connectivity index (χ3n) is 6.41. The first kappa shape index (κ1) is 16.1. The summed E-state index contributed by atoms with van der Waals surface area (Å²) in [5.74, 6) is 0.977. The van der Waals surface area contributed by atoms with Crippen LogP contribution >= 0.6 is 0 Å². The van der Waals surface area contributed by atoms with E-state index in [4.69, 9.17) is 0 Å². The zero-order chi connectivity index (χ0) is 16.8. The standard InChI is InChI=1S/C19H30N4O/c1-13-6-7-14(2)23(13)16-5-4-8-22(12-16)19(24)18-9-17(18)15-10-20-21(3)11-15/h10-11,13-14,16-18H,4-9,12H2,1-3H3/t13-,14+,16-,17+,18+/m1/s1. The molecule has 0 unspecified atom stereocenters. The van der Waals surface area contributed by atoms with Gasteiger partial charge in [-0.05, 0) is 57.4 Å². The second-order valence-corrected chi connectivity index (χ2v) is 8.20. The van der Waals surface area contributed by atoms with Gasteiger partial charge >= 0.3 is 0 Å². The lowest BCUT2D eigenvalue weighted by molar-refractivity contribution is -0.135. The minimum atomic E-state index is 0.196. The number of aromatic nitrogens is 2. The Labute approximate surface area is 145 Å². The van der Waals surface area contributed by atoms with Crippen molar-refractivity contribution in [2.45, 2.75) is 70.0 Å². The van der Waals surface area contributed by atoms with Gasteiger partial charge in [0.15, 0.2) is 0 Å². The number of carbonyl (C=O) groups excluding carboxylic acids is 1. The van der Waals surface area contributed by atoms with Crippen LogP contribution in [0.1, 0.15) is 57.4 Å². The zero-order valence-electron chi connectivity index (χ0n) is 15.2. The number of aryl methyl sites for hydroxylation is 1. The molecule has 0 bridgehead atoms. The van der Waals surface area contributed by atoms with Gasteiger partial charge in [0.2, 0.25) is 5.91 Å². The molecule has 0 radical (unpaired) electrons. The highest BCUT2D eigenvalue weighted by molar-refractivity contribution is 5.83. The average molecular weight is 330 g/mol. The van der Waals surface area contributed by atoms with Crippen molar-refractivity contribution in [3.63, 3.8) is 0 Å². The molecule has 5 heteroatoms. The fourth-order valence-electron chi connectivity index (χ4n) is 5.04. The van der Waals surface area contributed by atoms with Crippen LogP contribution in [0, 0.1) is 5.92 Å². The van der Waals surface area contributed by atoms with Crippen molar-refractivity contribution < 1.29 is 4.79 Å². The van der Waals surface area contributed by atoms with E-state index in [0.717, 1.165) is 25.9 Å². The molecule has 0 aromatic carbocycles. The molecule has 4 rings (SSSR count). The molecule has 1 amide bonds. The van der Waals surface area contributed by atoms with E-state index >= 15 is 0 Å². The number of likely N-dealkylation sites (tertiary alicyclic amines) is 2. The number of carbonyl (C=O) groups is 1. The van der Waals surface area contributed by atoms with Gasteiger partial charge in [0, 0.05) is 50.4 Å². The first-order valence-corrected chi connectivity index (χ1v) is 9.59. The zero-order valence-corrected chi connectivity index (χ0v) is 15.2. The molecule has 3 aliphatic rings. The second kappa shape index (κ2) is 6.17. The minimum absolute atomic E-state index is 0.196. The number of amides is 1. The van der Waals surface area contributed by atoms with Crippen molar-refractivity contribution >= 4 is 5.91 Å². The summed E-state index contributed by atoms with van der Waals surface area (Å²) >= 11 is 0. The van der Waals surface area contributed by atoms with E-state index < -0.39 is 0 Å². The second-order valence-electron chi connectivity index (χ2n) is 8.20. The Morgan fingerprint density at radius 1 is 1.21 bits per heavy atom. The molecule has 3 fully saturated rings.